The fraction of sp³-hybridized carbons (Fsp3) is 0.737. The topological polar surface area (TPSA) is 220 Å². The number of carbonyl (C=O) groups excluding carboxylic acids is 4. The Labute approximate surface area is 477 Å². The highest BCUT2D eigenvalue weighted by Gasteiger charge is 2.62. The molecule has 5 aliphatic heterocycles. The Hall–Kier alpha value is -3.23. The first-order chi connectivity index (χ1) is 37.0. The van der Waals surface area contributed by atoms with Gasteiger partial charge in [-0.25, -0.2) is 0 Å². The number of aliphatic hydroxyl groups is 2. The van der Waals surface area contributed by atoms with Gasteiger partial charge in [0.2, 0.25) is 0 Å². The molecule has 2 aromatic rings. The van der Waals surface area contributed by atoms with Crippen LogP contribution < -0.4 is 14.4 Å². The number of thioether (sulfide) groups is 1. The minimum Gasteiger partial charge on any atom is -0.493 e. The predicted molar refractivity (Wildman–Crippen MR) is 297 cm³/mol. The van der Waals surface area contributed by atoms with Gasteiger partial charge in [-0.15, -0.1) is 11.8 Å². The molecule has 19 atom stereocenters. The van der Waals surface area contributed by atoms with Gasteiger partial charge in [0.05, 0.1) is 54.7 Å². The average Bonchev–Trinajstić information content (AvgIpc) is 4.09. The van der Waals surface area contributed by atoms with Gasteiger partial charge in [-0.2, -0.15) is 0 Å². The van der Waals surface area contributed by atoms with Gasteiger partial charge in [0.25, 0.3) is 5.91 Å². The zero-order valence-corrected chi connectivity index (χ0v) is 50.1. The minimum atomic E-state index is -1.52. The molecule has 21 heteroatoms. The predicted octanol–water partition coefficient (Wildman–Crippen LogP) is 6.78. The van der Waals surface area contributed by atoms with Crippen LogP contribution in [0.25, 0.3) is 0 Å². The number of Topliss-reactive ketones (excluding diaryl/α,β-unsaturated/α-hetero) is 1. The molecule has 6 bridgehead atoms. The lowest BCUT2D eigenvalue weighted by Crippen LogP contribution is -2.63. The van der Waals surface area contributed by atoms with Crippen molar-refractivity contribution in [2.45, 2.75) is 187 Å². The number of aliphatic hydroxyl groups excluding tert-OH is 2. The number of anilines is 1. The SMILES string of the molecule is COc1ccc(N(CCS[C@@H]2C(=O)O[C@@]3(C)[C@H]2[C@@H](C)C(=O)[C@H](C)C[C@@](C)(OC)[C@@H]2O[C@@H]4O[C@H](C[C@@H]5O[C@H](C[C@@](C)(OC)[C@H]5O)O[C@@H]([C@@H]2C)[C@@H](C)C(=O)O[C@@H]3I)C[C@H](N(C)C)[C@H]4O)C(=O)c2ccncc2)cc1OC1CCCC1. The van der Waals surface area contributed by atoms with Crippen LogP contribution in [0.15, 0.2) is 42.7 Å². The summed E-state index contributed by atoms with van der Waals surface area (Å²) in [6.45, 7) is 12.7. The van der Waals surface area contributed by atoms with Gasteiger partial charge in [0.1, 0.15) is 23.2 Å². The number of ketones is 1. The lowest BCUT2D eigenvalue weighted by molar-refractivity contribution is -0.339. The summed E-state index contributed by atoms with van der Waals surface area (Å²) >= 11 is 3.27. The Morgan fingerprint density at radius 1 is 0.859 bits per heavy atom. The number of rotatable bonds is 12. The van der Waals surface area contributed by atoms with Crippen molar-refractivity contribution in [3.63, 3.8) is 0 Å². The maximum atomic E-state index is 15.3. The van der Waals surface area contributed by atoms with Crippen LogP contribution in [0.2, 0.25) is 0 Å². The number of cyclic esters (lactones) is 1. The average molecular weight is 1220 g/mol. The number of pyridine rings is 1. The van der Waals surface area contributed by atoms with Gasteiger partial charge in [0.15, 0.2) is 33.8 Å². The highest BCUT2D eigenvalue weighted by molar-refractivity contribution is 14.1. The van der Waals surface area contributed by atoms with Crippen molar-refractivity contribution in [3.8, 4) is 11.5 Å². The summed E-state index contributed by atoms with van der Waals surface area (Å²) in [6, 6.07) is 8.27. The van der Waals surface area contributed by atoms with E-state index in [1.54, 1.807) is 83.5 Å². The lowest BCUT2D eigenvalue weighted by Gasteiger charge is -2.52. The first-order valence-electron chi connectivity index (χ1n) is 27.5. The van der Waals surface area contributed by atoms with Gasteiger partial charge in [-0.3, -0.25) is 24.2 Å². The summed E-state index contributed by atoms with van der Waals surface area (Å²) < 4.78 is 63.7. The molecule has 78 heavy (non-hydrogen) atoms. The van der Waals surface area contributed by atoms with Crippen molar-refractivity contribution >= 4 is 63.7 Å². The Morgan fingerprint density at radius 3 is 2.21 bits per heavy atom. The Kier molecular flexibility index (Phi) is 19.6. The number of amides is 1. The first-order valence-corrected chi connectivity index (χ1v) is 29.8. The van der Waals surface area contributed by atoms with Crippen molar-refractivity contribution in [2.75, 3.05) is 52.6 Å². The third kappa shape index (κ3) is 12.4. The second-order valence-corrected chi connectivity index (χ2v) is 25.6. The first kappa shape index (κ1) is 60.9. The maximum Gasteiger partial charge on any atom is 0.320 e. The summed E-state index contributed by atoms with van der Waals surface area (Å²) in [5.74, 6) is -4.61. The molecule has 6 aliphatic rings. The van der Waals surface area contributed by atoms with E-state index >= 15 is 4.79 Å². The molecule has 1 aromatic carbocycles. The summed E-state index contributed by atoms with van der Waals surface area (Å²) in [7, 11) is 8.39. The van der Waals surface area contributed by atoms with E-state index in [1.165, 1.54) is 18.9 Å². The molecule has 19 nitrogen and oxygen atoms in total. The van der Waals surface area contributed by atoms with Crippen molar-refractivity contribution in [2.24, 2.45) is 29.6 Å². The summed E-state index contributed by atoms with van der Waals surface area (Å²) in [6.07, 6.45) is 0.0716. The van der Waals surface area contributed by atoms with E-state index in [2.05, 4.69) is 4.98 Å². The monoisotopic (exact) mass is 1220 g/mol. The number of alkyl halides is 1. The van der Waals surface area contributed by atoms with Crippen molar-refractivity contribution in [1.82, 2.24) is 9.88 Å². The van der Waals surface area contributed by atoms with Crippen LogP contribution in [0, 0.1) is 29.6 Å². The van der Waals surface area contributed by atoms with Crippen molar-refractivity contribution in [1.29, 1.82) is 0 Å². The molecule has 1 aliphatic carbocycles. The second-order valence-electron chi connectivity index (χ2n) is 23.2. The van der Waals surface area contributed by atoms with Gasteiger partial charge in [-0.1, -0.05) is 20.8 Å². The number of hydrogen-bond donors (Lipinski definition) is 2. The number of hydrogen-bond acceptors (Lipinski definition) is 19. The molecule has 8 rings (SSSR count). The van der Waals surface area contributed by atoms with Gasteiger partial charge in [-0.05, 0) is 127 Å². The normalized spacial score (nSPS) is 39.9. The Bertz CT molecular complexity index is 2420. The molecule has 6 fully saturated rings. The van der Waals surface area contributed by atoms with E-state index in [1.807, 2.05) is 68.4 Å². The Morgan fingerprint density at radius 2 is 1.55 bits per heavy atom. The smallest absolute Gasteiger partial charge is 0.320 e. The molecular formula is C57H82IN3O16S. The Balaban J connectivity index is 1.14. The van der Waals surface area contributed by atoms with Gasteiger partial charge >= 0.3 is 11.9 Å². The van der Waals surface area contributed by atoms with E-state index in [4.69, 9.17) is 47.4 Å². The highest BCUT2D eigenvalue weighted by Crippen LogP contribution is 2.51. The number of methoxy groups -OCH3 is 3. The number of likely N-dealkylation sites (N-methyl/N-ethyl adjacent to an activating group) is 1. The third-order valence-electron chi connectivity index (χ3n) is 17.8. The maximum absolute atomic E-state index is 15.3. The quantitative estimate of drug-likeness (QED) is 0.127. The van der Waals surface area contributed by atoms with E-state index in [-0.39, 0.29) is 49.4 Å². The molecule has 0 spiro atoms. The summed E-state index contributed by atoms with van der Waals surface area (Å²) in [4.78, 5) is 67.0. The highest BCUT2D eigenvalue weighted by atomic mass is 127. The lowest BCUT2D eigenvalue weighted by atomic mass is 9.72. The standard InChI is InChI=1S/C57H82IN3O16S/c1-30-28-56(6,70-12)49-32(3)46(74-42-29-55(5,69-11)48(64)41(73-42)27-37-26-38(60(8)9)45(63)53(72-37)75-49)33(4)51(66)76-54(58)57(7)43(31(2)44(30)62)47(52(67)77-57)78-24-23-61(50(65)34-19-21-59-22-20-34)35-17-18-39(68-10)40(25-35)71-36-15-13-14-16-36/h17-22,25,30-33,36-38,41-43,45-49,53-54,63-64H,13-16,23-24,26-29H2,1-12H3/t30-,31-,32+,33-,37+,38+,41+,42+,43+,45-,46+,47+,48+,49-,53+,54+,55-,56-,57+/m1/s1. The van der Waals surface area contributed by atoms with Crippen LogP contribution in [0.3, 0.4) is 0 Å². The third-order valence-corrected chi connectivity index (χ3v) is 20.5. The number of fused-ring (bicyclic) bond motifs is 7. The second kappa shape index (κ2) is 25.1. The van der Waals surface area contributed by atoms with Crippen LogP contribution in [0.1, 0.15) is 110 Å². The summed E-state index contributed by atoms with van der Waals surface area (Å²) in [5, 5.41) is 22.9. The number of aromatic nitrogens is 1. The molecule has 5 saturated heterocycles. The van der Waals surface area contributed by atoms with E-state index in [0.717, 1.165) is 25.7 Å². The van der Waals surface area contributed by atoms with Gasteiger partial charge in [0, 0.05) is 98.8 Å². The van der Waals surface area contributed by atoms with Crippen LogP contribution in [-0.2, 0) is 52.3 Å². The van der Waals surface area contributed by atoms with Crippen LogP contribution >= 0.6 is 34.4 Å². The van der Waals surface area contributed by atoms with Crippen molar-refractivity contribution in [3.05, 3.63) is 48.3 Å². The van der Waals surface area contributed by atoms with Crippen molar-refractivity contribution < 1.29 is 76.8 Å². The summed E-state index contributed by atoms with van der Waals surface area (Å²) in [5.41, 5.74) is -2.97. The van der Waals surface area contributed by atoms with Crippen LogP contribution in [0.5, 0.6) is 11.5 Å². The fourth-order valence-corrected chi connectivity index (χ4v) is 15.2. The number of nitrogens with zero attached hydrogens (tertiary/aromatic N) is 3. The fourth-order valence-electron chi connectivity index (χ4n) is 13.0. The number of ether oxygens (including phenoxy) is 10. The number of carbonyl (C=O) groups is 4. The zero-order valence-electron chi connectivity index (χ0n) is 47.2. The molecule has 0 radical (unpaired) electrons. The molecule has 6 heterocycles. The van der Waals surface area contributed by atoms with Crippen LogP contribution in [-0.4, -0.2) is 179 Å². The van der Waals surface area contributed by atoms with E-state index in [0.29, 0.717) is 29.2 Å². The van der Waals surface area contributed by atoms with Gasteiger partial charge < -0.3 is 67.4 Å². The molecule has 1 amide bonds. The van der Waals surface area contributed by atoms with E-state index in [9.17, 15) is 24.6 Å². The van der Waals surface area contributed by atoms with Crippen LogP contribution in [0.4, 0.5) is 5.69 Å². The molecular weight excluding hydrogens is 1140 g/mol. The molecule has 1 saturated carbocycles. The molecule has 434 valence electrons. The number of halogens is 1. The molecule has 1 aromatic heterocycles. The minimum absolute atomic E-state index is 0.0243. The molecule has 0 unspecified atom stereocenters. The zero-order chi connectivity index (χ0) is 56.6. The molecule has 2 N–H and O–H groups in total. The number of esters is 2. The largest absolute Gasteiger partial charge is 0.493 e. The number of benzene rings is 1. The van der Waals surface area contributed by atoms with E-state index < -0.39 is 123 Å².